The zero-order chi connectivity index (χ0) is 18.5. The van der Waals surface area contributed by atoms with Gasteiger partial charge in [0.25, 0.3) is 0 Å². The molecule has 0 unspecified atom stereocenters. The van der Waals surface area contributed by atoms with Gasteiger partial charge in [-0.2, -0.15) is 0 Å². The molecule has 8 heteroatoms. The summed E-state index contributed by atoms with van der Waals surface area (Å²) in [6.45, 7) is 1.49. The number of Topliss-reactive ketones (excluding diaryl/α,β-unsaturated/α-hetero) is 1. The predicted molar refractivity (Wildman–Crippen MR) is 104 cm³/mol. The maximum Gasteiger partial charge on any atom is 0.242 e. The van der Waals surface area contributed by atoms with Crippen LogP contribution in [-0.2, 0) is 4.79 Å². The number of hydrogen-bond donors (Lipinski definition) is 2. The van der Waals surface area contributed by atoms with Crippen molar-refractivity contribution in [2.75, 3.05) is 11.1 Å². The summed E-state index contributed by atoms with van der Waals surface area (Å²) in [4.78, 5) is 24.5. The van der Waals surface area contributed by atoms with Crippen LogP contribution in [0, 0.1) is 0 Å². The Bertz CT molecular complexity index is 928. The van der Waals surface area contributed by atoms with Crippen LogP contribution in [0.25, 0.3) is 0 Å². The largest absolute Gasteiger partial charge is 0.374 e. The van der Waals surface area contributed by atoms with E-state index in [0.717, 1.165) is 5.56 Å². The molecule has 26 heavy (non-hydrogen) atoms. The van der Waals surface area contributed by atoms with Crippen LogP contribution in [-0.4, -0.2) is 21.9 Å². The third kappa shape index (κ3) is 4.47. The topological polar surface area (TPSA) is 98.0 Å². The van der Waals surface area contributed by atoms with Crippen LogP contribution >= 0.6 is 23.1 Å². The molecule has 1 amide bonds. The summed E-state index contributed by atoms with van der Waals surface area (Å²) < 4.78 is 0.615. The minimum absolute atomic E-state index is 0.0561. The molecule has 132 valence electrons. The average molecular weight is 384 g/mol. The number of carbonyl (C=O) groups excluding carboxylic acids is 2. The molecule has 0 saturated heterocycles. The van der Waals surface area contributed by atoms with Gasteiger partial charge in [-0.05, 0) is 24.6 Å². The smallest absolute Gasteiger partial charge is 0.242 e. The number of thioether (sulfide) groups is 1. The highest BCUT2D eigenvalue weighted by molar-refractivity contribution is 8.02. The molecule has 6 nitrogen and oxygen atoms in total. The maximum absolute atomic E-state index is 12.9. The fourth-order valence-corrected chi connectivity index (χ4v) is 4.12. The highest BCUT2D eigenvalue weighted by Gasteiger charge is 2.24. The number of nitrogens with zero attached hydrogens (tertiary/aromatic N) is 2. The molecule has 1 atom stereocenters. The average Bonchev–Trinajstić information content (AvgIpc) is 3.05. The first-order valence-electron chi connectivity index (χ1n) is 7.75. The van der Waals surface area contributed by atoms with Crippen LogP contribution in [0.15, 0.2) is 58.9 Å². The van der Waals surface area contributed by atoms with Crippen LogP contribution in [0.3, 0.4) is 0 Å². The van der Waals surface area contributed by atoms with Crippen molar-refractivity contribution >= 4 is 45.6 Å². The van der Waals surface area contributed by atoms with Crippen LogP contribution in [0.4, 0.5) is 10.8 Å². The van der Waals surface area contributed by atoms with Crippen molar-refractivity contribution in [3.8, 4) is 0 Å². The molecule has 1 heterocycles. The van der Waals surface area contributed by atoms with E-state index >= 15 is 0 Å². The van der Waals surface area contributed by atoms with Crippen molar-refractivity contribution in [3.05, 3.63) is 65.7 Å². The Balaban J connectivity index is 1.85. The molecule has 0 aliphatic heterocycles. The van der Waals surface area contributed by atoms with E-state index in [1.807, 2.05) is 30.3 Å². The highest BCUT2D eigenvalue weighted by Crippen LogP contribution is 2.38. The normalized spacial score (nSPS) is 11.7. The number of carbonyl (C=O) groups is 2. The van der Waals surface area contributed by atoms with E-state index < -0.39 is 5.25 Å². The number of nitrogens with one attached hydrogen (secondary N) is 1. The molecule has 0 bridgehead atoms. The number of nitrogens with two attached hydrogens (primary N) is 1. The van der Waals surface area contributed by atoms with Gasteiger partial charge in [0.05, 0.1) is 0 Å². The van der Waals surface area contributed by atoms with E-state index in [-0.39, 0.29) is 11.7 Å². The molecule has 0 spiro atoms. The van der Waals surface area contributed by atoms with Gasteiger partial charge in [-0.15, -0.1) is 10.2 Å². The number of nitrogen functional groups attached to an aromatic ring is 1. The lowest BCUT2D eigenvalue weighted by Crippen LogP contribution is -2.19. The summed E-state index contributed by atoms with van der Waals surface area (Å²) in [6.07, 6.45) is 0. The predicted octanol–water partition coefficient (Wildman–Crippen LogP) is 3.80. The van der Waals surface area contributed by atoms with Crippen molar-refractivity contribution < 1.29 is 9.59 Å². The van der Waals surface area contributed by atoms with E-state index in [0.29, 0.717) is 20.7 Å². The SMILES string of the molecule is CC(=O)c1cccc(NC(=O)[C@@H](Sc2nnc(N)s2)c2ccccc2)c1. The van der Waals surface area contributed by atoms with Crippen molar-refractivity contribution in [3.63, 3.8) is 0 Å². The van der Waals surface area contributed by atoms with Crippen LogP contribution in [0.2, 0.25) is 0 Å². The van der Waals surface area contributed by atoms with Gasteiger partial charge in [-0.25, -0.2) is 0 Å². The first-order valence-corrected chi connectivity index (χ1v) is 9.45. The van der Waals surface area contributed by atoms with Crippen LogP contribution < -0.4 is 11.1 Å². The summed E-state index contributed by atoms with van der Waals surface area (Å²) in [5.74, 6) is -0.268. The van der Waals surface area contributed by atoms with E-state index in [2.05, 4.69) is 15.5 Å². The molecule has 0 aliphatic rings. The van der Waals surface area contributed by atoms with Gasteiger partial charge in [0.1, 0.15) is 5.25 Å². The third-order valence-electron chi connectivity index (χ3n) is 3.52. The Morgan fingerprint density at radius 3 is 2.54 bits per heavy atom. The number of hydrogen-bond acceptors (Lipinski definition) is 7. The Morgan fingerprint density at radius 1 is 1.12 bits per heavy atom. The summed E-state index contributed by atoms with van der Waals surface area (Å²) in [5, 5.41) is 10.5. The second kappa shape index (κ2) is 8.11. The molecule has 3 rings (SSSR count). The van der Waals surface area contributed by atoms with Crippen molar-refractivity contribution in [2.45, 2.75) is 16.5 Å². The van der Waals surface area contributed by atoms with Gasteiger partial charge >= 0.3 is 0 Å². The van der Waals surface area contributed by atoms with Crippen molar-refractivity contribution in [2.24, 2.45) is 0 Å². The number of ketones is 1. The minimum Gasteiger partial charge on any atom is -0.374 e. The van der Waals surface area contributed by atoms with Gasteiger partial charge in [0.15, 0.2) is 10.1 Å². The van der Waals surface area contributed by atoms with E-state index in [4.69, 9.17) is 5.73 Å². The lowest BCUT2D eigenvalue weighted by molar-refractivity contribution is -0.115. The highest BCUT2D eigenvalue weighted by atomic mass is 32.2. The first kappa shape index (κ1) is 18.1. The number of rotatable bonds is 6. The number of benzene rings is 2. The Hall–Kier alpha value is -2.71. The van der Waals surface area contributed by atoms with Gasteiger partial charge in [-0.3, -0.25) is 9.59 Å². The third-order valence-corrected chi connectivity index (χ3v) is 5.61. The van der Waals surface area contributed by atoms with Gasteiger partial charge < -0.3 is 11.1 Å². The molecule has 2 aromatic carbocycles. The van der Waals surface area contributed by atoms with Gasteiger partial charge in [0.2, 0.25) is 11.0 Å². The van der Waals surface area contributed by atoms with Crippen molar-refractivity contribution in [1.82, 2.24) is 10.2 Å². The second-order valence-electron chi connectivity index (χ2n) is 5.44. The monoisotopic (exact) mass is 384 g/mol. The summed E-state index contributed by atoms with van der Waals surface area (Å²) in [7, 11) is 0. The Morgan fingerprint density at radius 2 is 1.88 bits per heavy atom. The van der Waals surface area contributed by atoms with E-state index in [9.17, 15) is 9.59 Å². The summed E-state index contributed by atoms with van der Waals surface area (Å²) in [5.41, 5.74) is 7.59. The second-order valence-corrected chi connectivity index (χ2v) is 7.80. The Labute approximate surface area is 158 Å². The minimum atomic E-state index is -0.524. The lowest BCUT2D eigenvalue weighted by atomic mass is 10.1. The summed E-state index contributed by atoms with van der Waals surface area (Å²) >= 11 is 2.52. The zero-order valence-corrected chi connectivity index (χ0v) is 15.5. The lowest BCUT2D eigenvalue weighted by Gasteiger charge is -2.16. The molecular formula is C18H16N4O2S2. The number of aromatic nitrogens is 2. The van der Waals surface area contributed by atoms with Crippen LogP contribution in [0.1, 0.15) is 28.1 Å². The molecule has 3 N–H and O–H groups in total. The molecule has 0 radical (unpaired) electrons. The van der Waals surface area contributed by atoms with E-state index in [1.165, 1.54) is 30.0 Å². The van der Waals surface area contributed by atoms with Gasteiger partial charge in [-0.1, -0.05) is 65.6 Å². The fraction of sp³-hybridized carbons (Fsp3) is 0.111. The van der Waals surface area contributed by atoms with E-state index in [1.54, 1.807) is 24.3 Å². The Kier molecular flexibility index (Phi) is 5.65. The van der Waals surface area contributed by atoms with Crippen LogP contribution in [0.5, 0.6) is 0 Å². The summed E-state index contributed by atoms with van der Waals surface area (Å²) in [6, 6.07) is 16.3. The maximum atomic E-state index is 12.9. The molecular weight excluding hydrogens is 368 g/mol. The molecule has 0 fully saturated rings. The van der Waals surface area contributed by atoms with Crippen molar-refractivity contribution in [1.29, 1.82) is 0 Å². The van der Waals surface area contributed by atoms with Gasteiger partial charge in [0, 0.05) is 11.3 Å². The molecule has 0 aliphatic carbocycles. The molecule has 1 aromatic heterocycles. The quantitative estimate of drug-likeness (QED) is 0.495. The standard InChI is InChI=1S/C18H16N4O2S2/c1-11(23)13-8-5-9-14(10-13)20-16(24)15(12-6-3-2-4-7-12)25-18-22-21-17(19)26-18/h2-10,15H,1H3,(H2,19,21)(H,20,24)/t15-/m0/s1. The number of anilines is 2. The number of amides is 1. The first-order chi connectivity index (χ1) is 12.5. The fourth-order valence-electron chi connectivity index (χ4n) is 2.29. The zero-order valence-electron chi connectivity index (χ0n) is 13.9. The molecule has 0 saturated carbocycles. The molecule has 3 aromatic rings.